The first-order valence-corrected chi connectivity index (χ1v) is 12.8. The number of nitrogens with zero attached hydrogens (tertiary/aromatic N) is 3. The molecule has 2 fully saturated rings. The standard InChI is InChI=1S/C27H33FN6O3/c1-4-22(35)34-14-19(6-5-16(34)2)31-26-24(28)21-13-29-27(36)23(21)25(32-26)30-18-7-9-20(10-8-18)33-11-12-37-15-17(33)3/h4,7-10,16-17,19H,1,5-6,11-15H2,2-3H3,(H,29,36)(H2,30,31,32). The SMILES string of the molecule is C=CC(=O)N1CC(Nc2nc(Nc3ccc(N4CCOCC4C)cc3)c3c(c2F)CNC3=O)CCC1C. The maximum absolute atomic E-state index is 15.5. The van der Waals surface area contributed by atoms with Gasteiger partial charge in [0, 0.05) is 54.7 Å². The number of ether oxygens (including phenoxy) is 1. The Morgan fingerprint density at radius 2 is 2.00 bits per heavy atom. The molecule has 1 aromatic carbocycles. The first-order valence-electron chi connectivity index (χ1n) is 12.8. The molecule has 3 N–H and O–H groups in total. The van der Waals surface area contributed by atoms with Crippen molar-refractivity contribution >= 4 is 34.8 Å². The predicted molar refractivity (Wildman–Crippen MR) is 141 cm³/mol. The number of fused-ring (bicyclic) bond motifs is 1. The molecule has 37 heavy (non-hydrogen) atoms. The van der Waals surface area contributed by atoms with E-state index in [1.807, 2.05) is 31.2 Å². The van der Waals surface area contributed by atoms with E-state index in [0.29, 0.717) is 25.6 Å². The van der Waals surface area contributed by atoms with Gasteiger partial charge in [-0.25, -0.2) is 9.37 Å². The molecule has 3 unspecified atom stereocenters. The van der Waals surface area contributed by atoms with Gasteiger partial charge in [-0.3, -0.25) is 9.59 Å². The normalized spacial score (nSPS) is 23.3. The van der Waals surface area contributed by atoms with E-state index in [0.717, 1.165) is 30.8 Å². The van der Waals surface area contributed by atoms with E-state index in [-0.39, 0.29) is 53.4 Å². The van der Waals surface area contributed by atoms with Crippen LogP contribution in [0.3, 0.4) is 0 Å². The number of nitrogens with one attached hydrogen (secondary N) is 3. The van der Waals surface area contributed by atoms with Crippen LogP contribution in [0.5, 0.6) is 0 Å². The van der Waals surface area contributed by atoms with Crippen LogP contribution in [-0.4, -0.2) is 66.1 Å². The van der Waals surface area contributed by atoms with Crippen LogP contribution in [0.25, 0.3) is 0 Å². The van der Waals surface area contributed by atoms with Gasteiger partial charge in [0.15, 0.2) is 11.6 Å². The van der Waals surface area contributed by atoms with E-state index in [4.69, 9.17) is 4.74 Å². The first kappa shape index (κ1) is 25.0. The van der Waals surface area contributed by atoms with Crippen LogP contribution in [0.2, 0.25) is 0 Å². The Bertz CT molecular complexity index is 1200. The smallest absolute Gasteiger partial charge is 0.255 e. The summed E-state index contributed by atoms with van der Waals surface area (Å²) in [6.07, 6.45) is 2.85. The Hall–Kier alpha value is -3.66. The topological polar surface area (TPSA) is 98.8 Å². The fourth-order valence-corrected chi connectivity index (χ4v) is 5.29. The van der Waals surface area contributed by atoms with Crippen molar-refractivity contribution in [3.05, 3.63) is 53.9 Å². The molecule has 196 valence electrons. The number of rotatable bonds is 6. The Labute approximate surface area is 216 Å². The molecular weight excluding hydrogens is 475 g/mol. The molecule has 2 aromatic rings. The van der Waals surface area contributed by atoms with E-state index in [9.17, 15) is 9.59 Å². The van der Waals surface area contributed by atoms with Gasteiger partial charge in [-0.1, -0.05) is 6.58 Å². The minimum absolute atomic E-state index is 0.0714. The number of hydrogen-bond acceptors (Lipinski definition) is 7. The lowest BCUT2D eigenvalue weighted by Crippen LogP contribution is -2.49. The summed E-state index contributed by atoms with van der Waals surface area (Å²) in [7, 11) is 0. The number of aromatic nitrogens is 1. The number of piperidine rings is 1. The molecule has 4 heterocycles. The minimum atomic E-state index is -0.546. The number of hydrogen-bond donors (Lipinski definition) is 3. The van der Waals surface area contributed by atoms with Gasteiger partial charge in [-0.05, 0) is 57.0 Å². The number of carbonyl (C=O) groups excluding carboxylic acids is 2. The summed E-state index contributed by atoms with van der Waals surface area (Å²) >= 11 is 0. The van der Waals surface area contributed by atoms with Crippen molar-refractivity contribution in [3.63, 3.8) is 0 Å². The van der Waals surface area contributed by atoms with E-state index in [1.165, 1.54) is 6.08 Å². The lowest BCUT2D eigenvalue weighted by atomic mass is 9.99. The molecule has 9 nitrogen and oxygen atoms in total. The Morgan fingerprint density at radius 3 is 2.73 bits per heavy atom. The van der Waals surface area contributed by atoms with Gasteiger partial charge in [0.1, 0.15) is 5.82 Å². The highest BCUT2D eigenvalue weighted by atomic mass is 19.1. The number of amides is 2. The molecule has 0 saturated carbocycles. The van der Waals surface area contributed by atoms with Crippen LogP contribution in [0.15, 0.2) is 36.9 Å². The van der Waals surface area contributed by atoms with E-state index in [1.54, 1.807) is 4.90 Å². The molecule has 0 aliphatic carbocycles. The third kappa shape index (κ3) is 4.98. The number of morpholine rings is 1. The Kier molecular flexibility index (Phi) is 7.01. The molecule has 5 rings (SSSR count). The molecule has 3 aliphatic rings. The third-order valence-electron chi connectivity index (χ3n) is 7.40. The molecule has 2 amide bonds. The van der Waals surface area contributed by atoms with Gasteiger partial charge in [-0.2, -0.15) is 0 Å². The highest BCUT2D eigenvalue weighted by Gasteiger charge is 2.32. The quantitative estimate of drug-likeness (QED) is 0.515. The third-order valence-corrected chi connectivity index (χ3v) is 7.40. The second-order valence-electron chi connectivity index (χ2n) is 9.91. The van der Waals surface area contributed by atoms with Gasteiger partial charge < -0.3 is 30.5 Å². The largest absolute Gasteiger partial charge is 0.377 e. The molecule has 3 atom stereocenters. The number of halogens is 1. The molecule has 1 aromatic heterocycles. The summed E-state index contributed by atoms with van der Waals surface area (Å²) in [5.74, 6) is -0.681. The first-order chi connectivity index (χ1) is 17.9. The van der Waals surface area contributed by atoms with Crippen LogP contribution < -0.4 is 20.9 Å². The zero-order valence-corrected chi connectivity index (χ0v) is 21.2. The molecule has 3 aliphatic heterocycles. The van der Waals surface area contributed by atoms with Crippen LogP contribution in [0, 0.1) is 5.82 Å². The summed E-state index contributed by atoms with van der Waals surface area (Å²) < 4.78 is 21.0. The van der Waals surface area contributed by atoms with E-state index >= 15 is 4.39 Å². The number of likely N-dealkylation sites (tertiary alicyclic amines) is 1. The van der Waals surface area contributed by atoms with Gasteiger partial charge >= 0.3 is 0 Å². The lowest BCUT2D eigenvalue weighted by molar-refractivity contribution is -0.129. The van der Waals surface area contributed by atoms with E-state index < -0.39 is 5.82 Å². The van der Waals surface area contributed by atoms with Crippen molar-refractivity contribution in [1.82, 2.24) is 15.2 Å². The fourth-order valence-electron chi connectivity index (χ4n) is 5.29. The van der Waals surface area contributed by atoms with Crippen molar-refractivity contribution in [2.24, 2.45) is 0 Å². The summed E-state index contributed by atoms with van der Waals surface area (Å²) in [6, 6.07) is 8.08. The molecular formula is C27H33FN6O3. The van der Waals surface area contributed by atoms with Gasteiger partial charge in [0.05, 0.1) is 18.8 Å². The maximum Gasteiger partial charge on any atom is 0.255 e. The highest BCUT2D eigenvalue weighted by Crippen LogP contribution is 2.33. The number of benzene rings is 1. The van der Waals surface area contributed by atoms with Gasteiger partial charge in [-0.15, -0.1) is 0 Å². The molecule has 10 heteroatoms. The van der Waals surface area contributed by atoms with Crippen molar-refractivity contribution in [3.8, 4) is 0 Å². The molecule has 2 saturated heterocycles. The Balaban J connectivity index is 1.39. The second-order valence-corrected chi connectivity index (χ2v) is 9.91. The van der Waals surface area contributed by atoms with Crippen molar-refractivity contribution in [2.45, 2.75) is 51.4 Å². The average molecular weight is 509 g/mol. The number of anilines is 4. The summed E-state index contributed by atoms with van der Waals surface area (Å²) in [4.78, 5) is 33.4. The predicted octanol–water partition coefficient (Wildman–Crippen LogP) is 3.41. The minimum Gasteiger partial charge on any atom is -0.377 e. The summed E-state index contributed by atoms with van der Waals surface area (Å²) in [5, 5.41) is 9.12. The Morgan fingerprint density at radius 1 is 1.22 bits per heavy atom. The van der Waals surface area contributed by atoms with Crippen LogP contribution >= 0.6 is 0 Å². The molecule has 0 radical (unpaired) electrons. The number of carbonyl (C=O) groups is 2. The second kappa shape index (κ2) is 10.4. The van der Waals surface area contributed by atoms with Gasteiger partial charge in [0.2, 0.25) is 5.91 Å². The van der Waals surface area contributed by atoms with Crippen molar-refractivity contribution < 1.29 is 18.7 Å². The van der Waals surface area contributed by atoms with Crippen LogP contribution in [0.1, 0.15) is 42.6 Å². The van der Waals surface area contributed by atoms with Crippen molar-refractivity contribution in [2.75, 3.05) is 41.8 Å². The maximum atomic E-state index is 15.5. The fraction of sp³-hybridized carbons (Fsp3) is 0.444. The monoisotopic (exact) mass is 508 g/mol. The van der Waals surface area contributed by atoms with Crippen LogP contribution in [0.4, 0.5) is 27.4 Å². The van der Waals surface area contributed by atoms with Crippen LogP contribution in [-0.2, 0) is 16.1 Å². The zero-order chi connectivity index (χ0) is 26.1. The molecule has 0 spiro atoms. The van der Waals surface area contributed by atoms with Gasteiger partial charge in [0.25, 0.3) is 5.91 Å². The molecule has 0 bridgehead atoms. The lowest BCUT2D eigenvalue weighted by Gasteiger charge is -2.38. The average Bonchev–Trinajstić information content (AvgIpc) is 3.30. The highest BCUT2D eigenvalue weighted by molar-refractivity contribution is 6.03. The zero-order valence-electron chi connectivity index (χ0n) is 21.2. The summed E-state index contributed by atoms with van der Waals surface area (Å²) in [5.41, 5.74) is 2.33. The summed E-state index contributed by atoms with van der Waals surface area (Å²) in [6.45, 7) is 10.4. The van der Waals surface area contributed by atoms with E-state index in [2.05, 4.69) is 39.3 Å². The number of pyridine rings is 1. The van der Waals surface area contributed by atoms with Crippen molar-refractivity contribution in [1.29, 1.82) is 0 Å².